The second-order valence-corrected chi connectivity index (χ2v) is 10.2. The fraction of sp³-hybridized carbons (Fsp3) is 0.526. The van der Waals surface area contributed by atoms with Crippen molar-refractivity contribution < 1.29 is 0 Å². The van der Waals surface area contributed by atoms with Gasteiger partial charge in [0.1, 0.15) is 5.01 Å². The molecule has 0 spiro atoms. The van der Waals surface area contributed by atoms with Crippen LogP contribution in [0.15, 0.2) is 18.2 Å². The Balaban J connectivity index is 1.46. The highest BCUT2D eigenvalue weighted by Gasteiger charge is 2.54. The topological polar surface area (TPSA) is 43.1 Å². The summed E-state index contributed by atoms with van der Waals surface area (Å²) in [4.78, 5) is 0.858. The van der Waals surface area contributed by atoms with Gasteiger partial charge in [0.15, 0.2) is 5.82 Å². The van der Waals surface area contributed by atoms with Crippen LogP contribution in [0, 0.1) is 17.8 Å². The highest BCUT2D eigenvalue weighted by Crippen LogP contribution is 2.60. The number of hydrogen-bond donors (Lipinski definition) is 0. The van der Waals surface area contributed by atoms with Gasteiger partial charge in [-0.05, 0) is 74.5 Å². The molecule has 0 aliphatic heterocycles. The molecule has 26 heavy (non-hydrogen) atoms. The Kier molecular flexibility index (Phi) is 3.31. The molecule has 4 fully saturated rings. The van der Waals surface area contributed by atoms with Crippen LogP contribution in [-0.2, 0) is 5.41 Å². The van der Waals surface area contributed by atoms with Gasteiger partial charge < -0.3 is 0 Å². The minimum atomic E-state index is 0.184. The normalized spacial score (nSPS) is 32.6. The van der Waals surface area contributed by atoms with Crippen LogP contribution in [0.5, 0.6) is 0 Å². The van der Waals surface area contributed by atoms with Gasteiger partial charge in [0.05, 0.1) is 5.02 Å². The van der Waals surface area contributed by atoms with Gasteiger partial charge in [-0.25, -0.2) is 0 Å². The van der Waals surface area contributed by atoms with E-state index in [1.165, 1.54) is 38.5 Å². The highest BCUT2D eigenvalue weighted by molar-refractivity contribution is 7.19. The van der Waals surface area contributed by atoms with Crippen molar-refractivity contribution in [2.24, 2.45) is 17.8 Å². The molecule has 0 radical (unpaired) electrons. The van der Waals surface area contributed by atoms with E-state index in [2.05, 4.69) is 10.2 Å². The third kappa shape index (κ3) is 2.23. The molecule has 0 unspecified atom stereocenters. The van der Waals surface area contributed by atoms with Crippen LogP contribution in [0.2, 0.25) is 10.0 Å². The minimum absolute atomic E-state index is 0.184. The summed E-state index contributed by atoms with van der Waals surface area (Å²) >= 11 is 14.0. The molecule has 4 saturated carbocycles. The van der Waals surface area contributed by atoms with Crippen molar-refractivity contribution in [3.63, 3.8) is 0 Å². The number of aromatic nitrogens is 4. The summed E-state index contributed by atoms with van der Waals surface area (Å²) in [5.74, 6) is 3.70. The monoisotopic (exact) mass is 404 g/mol. The van der Waals surface area contributed by atoms with E-state index in [1.807, 2.05) is 16.6 Å². The van der Waals surface area contributed by atoms with Crippen molar-refractivity contribution in [2.75, 3.05) is 0 Å². The average molecular weight is 405 g/mol. The molecule has 0 N–H and O–H groups in total. The number of fused-ring (bicyclic) bond motifs is 1. The van der Waals surface area contributed by atoms with Gasteiger partial charge in [-0.1, -0.05) is 34.5 Å². The molecule has 3 aromatic rings. The Labute approximate surface area is 165 Å². The van der Waals surface area contributed by atoms with Gasteiger partial charge in [-0.2, -0.15) is 9.61 Å². The Morgan fingerprint density at radius 3 is 2.35 bits per heavy atom. The summed E-state index contributed by atoms with van der Waals surface area (Å²) in [7, 11) is 0. The fourth-order valence-electron chi connectivity index (χ4n) is 6.10. The van der Waals surface area contributed by atoms with E-state index in [9.17, 15) is 0 Å². The van der Waals surface area contributed by atoms with Gasteiger partial charge in [-0.3, -0.25) is 0 Å². The zero-order valence-corrected chi connectivity index (χ0v) is 16.5. The van der Waals surface area contributed by atoms with E-state index < -0.39 is 0 Å². The Morgan fingerprint density at radius 1 is 1.00 bits per heavy atom. The van der Waals surface area contributed by atoms with Crippen molar-refractivity contribution >= 4 is 39.5 Å². The van der Waals surface area contributed by atoms with Crippen LogP contribution in [0.4, 0.5) is 0 Å². The zero-order chi connectivity index (χ0) is 17.5. The molecule has 2 aromatic heterocycles. The van der Waals surface area contributed by atoms with E-state index in [0.717, 1.165) is 39.1 Å². The summed E-state index contributed by atoms with van der Waals surface area (Å²) in [6, 6.07) is 5.55. The molecule has 0 amide bonds. The van der Waals surface area contributed by atoms with Crippen LogP contribution in [-0.4, -0.2) is 19.8 Å². The number of rotatable bonds is 2. The predicted octanol–water partition coefficient (Wildman–Crippen LogP) is 5.63. The van der Waals surface area contributed by atoms with E-state index in [4.69, 9.17) is 28.3 Å². The van der Waals surface area contributed by atoms with Crippen LogP contribution >= 0.6 is 34.5 Å². The Bertz CT molecular complexity index is 989. The van der Waals surface area contributed by atoms with E-state index >= 15 is 0 Å². The minimum Gasteiger partial charge on any atom is -0.186 e. The SMILES string of the molecule is Clc1ccc(-c2nn3c(C45CC6CC(CC(C6)C4)C5)nnc3s2)c(Cl)c1. The van der Waals surface area contributed by atoms with Crippen molar-refractivity contribution in [3.8, 4) is 10.6 Å². The number of hydrogen-bond acceptors (Lipinski definition) is 4. The molecule has 1 aromatic carbocycles. The van der Waals surface area contributed by atoms with Crippen molar-refractivity contribution in [3.05, 3.63) is 34.1 Å². The van der Waals surface area contributed by atoms with E-state index in [-0.39, 0.29) is 5.41 Å². The van der Waals surface area contributed by atoms with Crippen LogP contribution in [0.25, 0.3) is 15.5 Å². The van der Waals surface area contributed by atoms with E-state index in [0.29, 0.717) is 10.0 Å². The molecule has 4 aliphatic rings. The predicted molar refractivity (Wildman–Crippen MR) is 104 cm³/mol. The number of nitrogens with zero attached hydrogens (tertiary/aromatic N) is 4. The summed E-state index contributed by atoms with van der Waals surface area (Å²) in [6.45, 7) is 0. The molecular formula is C19H18Cl2N4S. The second-order valence-electron chi connectivity index (χ2n) is 8.45. The first-order valence-electron chi connectivity index (χ1n) is 9.28. The molecule has 7 heteroatoms. The molecule has 0 atom stereocenters. The van der Waals surface area contributed by atoms with Gasteiger partial charge >= 0.3 is 0 Å². The molecular weight excluding hydrogens is 387 g/mol. The van der Waals surface area contributed by atoms with Crippen molar-refractivity contribution in [2.45, 2.75) is 43.9 Å². The molecule has 4 aliphatic carbocycles. The molecule has 4 nitrogen and oxygen atoms in total. The maximum absolute atomic E-state index is 6.39. The lowest BCUT2D eigenvalue weighted by Crippen LogP contribution is -2.49. The lowest BCUT2D eigenvalue weighted by Gasteiger charge is -2.55. The largest absolute Gasteiger partial charge is 0.235 e. The quantitative estimate of drug-likeness (QED) is 0.555. The number of halogens is 2. The van der Waals surface area contributed by atoms with Crippen LogP contribution < -0.4 is 0 Å². The third-order valence-electron chi connectivity index (χ3n) is 6.66. The molecule has 0 saturated heterocycles. The van der Waals surface area contributed by atoms with Crippen molar-refractivity contribution in [1.82, 2.24) is 19.8 Å². The smallest absolute Gasteiger partial charge is 0.186 e. The van der Waals surface area contributed by atoms with Crippen LogP contribution in [0.1, 0.15) is 44.3 Å². The molecule has 2 heterocycles. The highest BCUT2D eigenvalue weighted by atomic mass is 35.5. The maximum Gasteiger partial charge on any atom is 0.235 e. The van der Waals surface area contributed by atoms with Crippen LogP contribution in [0.3, 0.4) is 0 Å². The van der Waals surface area contributed by atoms with Gasteiger partial charge in [0.25, 0.3) is 0 Å². The summed E-state index contributed by atoms with van der Waals surface area (Å²) in [6.07, 6.45) is 8.04. The third-order valence-corrected chi connectivity index (χ3v) is 8.14. The fourth-order valence-corrected chi connectivity index (χ4v) is 7.54. The zero-order valence-electron chi connectivity index (χ0n) is 14.2. The first kappa shape index (κ1) is 15.8. The van der Waals surface area contributed by atoms with Gasteiger partial charge in [-0.15, -0.1) is 10.2 Å². The standard InChI is InChI=1S/C19H18Cl2N4S/c20-13-1-2-14(15(21)6-13)16-24-25-17(22-23-18(25)26-16)19-7-10-3-11(8-19)5-12(4-10)9-19/h1-2,6,10-12H,3-5,7-9H2. The average Bonchev–Trinajstić information content (AvgIpc) is 3.13. The number of benzene rings is 1. The lowest BCUT2D eigenvalue weighted by atomic mass is 9.49. The first-order chi connectivity index (χ1) is 12.6. The Hall–Kier alpha value is -1.17. The lowest BCUT2D eigenvalue weighted by molar-refractivity contribution is -0.0103. The van der Waals surface area contributed by atoms with E-state index in [1.54, 1.807) is 17.4 Å². The first-order valence-corrected chi connectivity index (χ1v) is 10.8. The maximum atomic E-state index is 6.39. The van der Waals surface area contributed by atoms with Gasteiger partial charge in [0.2, 0.25) is 4.96 Å². The Morgan fingerprint density at radius 2 is 1.69 bits per heavy atom. The summed E-state index contributed by atoms with van der Waals surface area (Å²) < 4.78 is 2.00. The molecule has 134 valence electrons. The van der Waals surface area contributed by atoms with Gasteiger partial charge in [0, 0.05) is 16.0 Å². The molecule has 4 bridgehead atoms. The van der Waals surface area contributed by atoms with Crippen molar-refractivity contribution in [1.29, 1.82) is 0 Å². The second kappa shape index (κ2) is 5.43. The molecule has 7 rings (SSSR count). The summed E-state index contributed by atoms with van der Waals surface area (Å²) in [5.41, 5.74) is 1.09. The summed E-state index contributed by atoms with van der Waals surface area (Å²) in [5, 5.41) is 16.1.